The molecule has 0 aliphatic rings. The van der Waals surface area contributed by atoms with E-state index in [2.05, 4.69) is 15.3 Å². The van der Waals surface area contributed by atoms with Crippen molar-refractivity contribution in [3.05, 3.63) is 56.4 Å². The van der Waals surface area contributed by atoms with Gasteiger partial charge in [-0.3, -0.25) is 9.59 Å². The molecule has 7 nitrogen and oxygen atoms in total. The first kappa shape index (κ1) is 18.8. The molecular weight excluding hydrogens is 366 g/mol. The Kier molecular flexibility index (Phi) is 5.09. The van der Waals surface area contributed by atoms with Crippen LogP contribution in [0.2, 0.25) is 0 Å². The summed E-state index contributed by atoms with van der Waals surface area (Å²) < 4.78 is 5.53. The number of benzene rings is 1. The van der Waals surface area contributed by atoms with Crippen molar-refractivity contribution in [1.29, 1.82) is 0 Å². The van der Waals surface area contributed by atoms with Gasteiger partial charge >= 0.3 is 5.97 Å². The van der Waals surface area contributed by atoms with Crippen LogP contribution in [0, 0.1) is 13.8 Å². The molecule has 0 saturated carbocycles. The number of nitrogens with zero attached hydrogens (tertiary/aromatic N) is 1. The first-order valence-corrected chi connectivity index (χ1v) is 9.17. The summed E-state index contributed by atoms with van der Waals surface area (Å²) in [7, 11) is 0. The lowest BCUT2D eigenvalue weighted by Gasteiger charge is -2.14. The third kappa shape index (κ3) is 3.75. The van der Waals surface area contributed by atoms with E-state index in [9.17, 15) is 14.4 Å². The zero-order chi connectivity index (χ0) is 19.7. The fraction of sp³-hybridized carbons (Fsp3) is 0.263. The highest BCUT2D eigenvalue weighted by atomic mass is 32.1. The molecule has 2 aromatic heterocycles. The van der Waals surface area contributed by atoms with Crippen LogP contribution in [0.5, 0.6) is 0 Å². The van der Waals surface area contributed by atoms with Gasteiger partial charge in [-0.05, 0) is 38.5 Å². The molecule has 140 valence electrons. The van der Waals surface area contributed by atoms with Gasteiger partial charge in [-0.1, -0.05) is 12.1 Å². The predicted octanol–water partition coefficient (Wildman–Crippen LogP) is 3.48. The summed E-state index contributed by atoms with van der Waals surface area (Å²) >= 11 is 1.32. The number of aromatic nitrogens is 2. The number of carbonyl (C=O) groups is 2. The number of nitrogens with one attached hydrogen (secondary N) is 2. The lowest BCUT2D eigenvalue weighted by atomic mass is 10.1. The predicted molar refractivity (Wildman–Crippen MR) is 104 cm³/mol. The fourth-order valence-electron chi connectivity index (χ4n) is 2.69. The molecule has 0 bridgehead atoms. The SMILES string of the molecule is CC(=O)Nc1sc(C)c(C)c1C(=O)O[C@H](C)c1nc2ccccc2c(=O)[nH]1. The Morgan fingerprint density at radius 1 is 1.26 bits per heavy atom. The molecule has 27 heavy (non-hydrogen) atoms. The van der Waals surface area contributed by atoms with Crippen LogP contribution in [0.3, 0.4) is 0 Å². The molecule has 0 unspecified atom stereocenters. The van der Waals surface area contributed by atoms with Gasteiger partial charge in [-0.15, -0.1) is 11.3 Å². The number of aryl methyl sites for hydroxylation is 1. The van der Waals surface area contributed by atoms with Crippen LogP contribution in [0.4, 0.5) is 5.00 Å². The van der Waals surface area contributed by atoms with E-state index in [1.807, 2.05) is 6.92 Å². The summed E-state index contributed by atoms with van der Waals surface area (Å²) in [5.41, 5.74) is 1.31. The van der Waals surface area contributed by atoms with Gasteiger partial charge in [0.15, 0.2) is 11.9 Å². The number of hydrogen-bond donors (Lipinski definition) is 2. The van der Waals surface area contributed by atoms with Crippen LogP contribution in [0.1, 0.15) is 46.6 Å². The van der Waals surface area contributed by atoms with E-state index in [0.29, 0.717) is 21.5 Å². The number of aromatic amines is 1. The second-order valence-electron chi connectivity index (χ2n) is 6.18. The van der Waals surface area contributed by atoms with Crippen LogP contribution in [0.25, 0.3) is 10.9 Å². The first-order valence-electron chi connectivity index (χ1n) is 8.35. The summed E-state index contributed by atoms with van der Waals surface area (Å²) in [6, 6.07) is 6.95. The average Bonchev–Trinajstić information content (AvgIpc) is 2.87. The number of H-pyrrole nitrogens is 1. The quantitative estimate of drug-likeness (QED) is 0.670. The van der Waals surface area contributed by atoms with E-state index >= 15 is 0 Å². The molecular formula is C19H19N3O4S. The topological polar surface area (TPSA) is 101 Å². The number of esters is 1. The zero-order valence-corrected chi connectivity index (χ0v) is 16.2. The van der Waals surface area contributed by atoms with Gasteiger partial charge in [0, 0.05) is 11.8 Å². The summed E-state index contributed by atoms with van der Waals surface area (Å²) in [6.07, 6.45) is -0.764. The Bertz CT molecular complexity index is 1100. The largest absolute Gasteiger partial charge is 0.451 e. The Hall–Kier alpha value is -3.00. The molecule has 2 heterocycles. The number of ether oxygens (including phenoxy) is 1. The summed E-state index contributed by atoms with van der Waals surface area (Å²) in [4.78, 5) is 44.3. The van der Waals surface area contributed by atoms with Gasteiger partial charge in [0.2, 0.25) is 5.91 Å². The van der Waals surface area contributed by atoms with Crippen LogP contribution >= 0.6 is 11.3 Å². The van der Waals surface area contributed by atoms with Crippen molar-refractivity contribution >= 4 is 39.1 Å². The molecule has 3 rings (SSSR count). The highest BCUT2D eigenvalue weighted by molar-refractivity contribution is 7.16. The molecule has 0 aliphatic carbocycles. The summed E-state index contributed by atoms with van der Waals surface area (Å²) in [6.45, 7) is 6.69. The Morgan fingerprint density at radius 3 is 2.67 bits per heavy atom. The highest BCUT2D eigenvalue weighted by Gasteiger charge is 2.24. The number of thiophene rings is 1. The molecule has 2 N–H and O–H groups in total. The van der Waals surface area contributed by atoms with Crippen molar-refractivity contribution in [2.24, 2.45) is 0 Å². The van der Waals surface area contributed by atoms with E-state index in [0.717, 1.165) is 10.4 Å². The maximum Gasteiger partial charge on any atom is 0.342 e. The normalized spacial score (nSPS) is 12.0. The van der Waals surface area contributed by atoms with Crippen LogP contribution < -0.4 is 10.9 Å². The van der Waals surface area contributed by atoms with E-state index in [4.69, 9.17) is 4.74 Å². The first-order chi connectivity index (χ1) is 12.8. The second-order valence-corrected chi connectivity index (χ2v) is 7.41. The van der Waals surface area contributed by atoms with Crippen molar-refractivity contribution in [2.45, 2.75) is 33.8 Å². The number of rotatable bonds is 4. The van der Waals surface area contributed by atoms with Crippen molar-refractivity contribution in [2.75, 3.05) is 5.32 Å². The Morgan fingerprint density at radius 2 is 1.96 bits per heavy atom. The van der Waals surface area contributed by atoms with Crippen LogP contribution in [0.15, 0.2) is 29.1 Å². The van der Waals surface area contributed by atoms with Crippen molar-refractivity contribution in [1.82, 2.24) is 9.97 Å². The van der Waals surface area contributed by atoms with Gasteiger partial charge in [0.1, 0.15) is 5.00 Å². The molecule has 0 aliphatic heterocycles. The highest BCUT2D eigenvalue weighted by Crippen LogP contribution is 2.34. The smallest absolute Gasteiger partial charge is 0.342 e. The lowest BCUT2D eigenvalue weighted by molar-refractivity contribution is -0.114. The van der Waals surface area contributed by atoms with E-state index in [1.165, 1.54) is 18.3 Å². The number of carbonyl (C=O) groups excluding carboxylic acids is 2. The minimum atomic E-state index is -0.764. The molecule has 0 saturated heterocycles. The number of anilines is 1. The minimum absolute atomic E-state index is 0.262. The van der Waals surface area contributed by atoms with Gasteiger partial charge in [-0.2, -0.15) is 0 Å². The molecule has 0 spiro atoms. The molecule has 3 aromatic rings. The number of hydrogen-bond acceptors (Lipinski definition) is 6. The molecule has 1 aromatic carbocycles. The van der Waals surface area contributed by atoms with E-state index in [1.54, 1.807) is 38.1 Å². The van der Waals surface area contributed by atoms with E-state index < -0.39 is 12.1 Å². The average molecular weight is 385 g/mol. The molecule has 1 atom stereocenters. The third-order valence-electron chi connectivity index (χ3n) is 4.18. The molecule has 1 amide bonds. The van der Waals surface area contributed by atoms with Crippen LogP contribution in [-0.2, 0) is 9.53 Å². The van der Waals surface area contributed by atoms with Gasteiger partial charge in [0.25, 0.3) is 5.56 Å². The van der Waals surface area contributed by atoms with Gasteiger partial charge in [0.05, 0.1) is 16.5 Å². The summed E-state index contributed by atoms with van der Waals surface area (Å²) in [5.74, 6) is -0.583. The number of fused-ring (bicyclic) bond motifs is 1. The van der Waals surface area contributed by atoms with Crippen molar-refractivity contribution in [3.63, 3.8) is 0 Å². The maximum atomic E-state index is 12.7. The number of para-hydroxylation sites is 1. The standard InChI is InChI=1S/C19H19N3O4S/c1-9-11(3)27-18(20-12(4)23)15(9)19(25)26-10(2)16-21-14-8-6-5-7-13(14)17(24)22-16/h5-8,10H,1-4H3,(H,20,23)(H,21,22,24)/t10-/m1/s1. The van der Waals surface area contributed by atoms with E-state index in [-0.39, 0.29) is 17.3 Å². The van der Waals surface area contributed by atoms with Gasteiger partial charge in [-0.25, -0.2) is 9.78 Å². The lowest BCUT2D eigenvalue weighted by Crippen LogP contribution is -2.18. The summed E-state index contributed by atoms with van der Waals surface area (Å²) in [5, 5.41) is 3.59. The zero-order valence-electron chi connectivity index (χ0n) is 15.4. The molecule has 0 radical (unpaired) electrons. The fourth-order valence-corrected chi connectivity index (χ4v) is 3.79. The van der Waals surface area contributed by atoms with Gasteiger partial charge < -0.3 is 15.0 Å². The molecule has 8 heteroatoms. The molecule has 0 fully saturated rings. The second kappa shape index (κ2) is 7.32. The number of amides is 1. The third-order valence-corrected chi connectivity index (χ3v) is 5.30. The maximum absolute atomic E-state index is 12.7. The van der Waals surface area contributed by atoms with Crippen molar-refractivity contribution < 1.29 is 14.3 Å². The monoisotopic (exact) mass is 385 g/mol. The Labute approximate surface area is 159 Å². The minimum Gasteiger partial charge on any atom is -0.451 e. The van der Waals surface area contributed by atoms with Crippen molar-refractivity contribution in [3.8, 4) is 0 Å². The van der Waals surface area contributed by atoms with Crippen LogP contribution in [-0.4, -0.2) is 21.8 Å². The Balaban J connectivity index is 1.91.